The van der Waals surface area contributed by atoms with Gasteiger partial charge in [-0.2, -0.15) is 0 Å². The van der Waals surface area contributed by atoms with Crippen LogP contribution in [0, 0.1) is 0 Å². The molecule has 0 radical (unpaired) electrons. The van der Waals surface area contributed by atoms with Crippen LogP contribution < -0.4 is 10.2 Å². The van der Waals surface area contributed by atoms with E-state index < -0.39 is 5.92 Å². The SMILES string of the molecule is COC[C@H]1CN[C@H](C)CN1CC(=O)N1CC(C(=O)OC)c2ccc(Br)cc21.Cl. The van der Waals surface area contributed by atoms with Gasteiger partial charge < -0.3 is 19.7 Å². The standard InChI is InChI=1S/C19H26BrN3O4.ClH/c1-12-8-22(14(7-21-12)11-26-2)10-18(24)23-9-16(19(25)27-3)15-5-4-13(20)6-17(15)23;/h4-6,12,14,16,21H,7-11H2,1-3H3;1H/t12-,14-,16?;/m1./s1. The second kappa shape index (κ2) is 10.0. The summed E-state index contributed by atoms with van der Waals surface area (Å²) in [6.45, 7) is 4.85. The Bertz CT molecular complexity index is 720. The van der Waals surface area contributed by atoms with E-state index in [2.05, 4.69) is 33.1 Å². The summed E-state index contributed by atoms with van der Waals surface area (Å²) in [5.74, 6) is -0.781. The molecule has 2 heterocycles. The third kappa shape index (κ3) is 4.86. The highest BCUT2D eigenvalue weighted by molar-refractivity contribution is 9.10. The fourth-order valence-corrected chi connectivity index (χ4v) is 4.19. The van der Waals surface area contributed by atoms with Gasteiger partial charge in [0, 0.05) is 49.0 Å². The summed E-state index contributed by atoms with van der Waals surface area (Å²) in [5.41, 5.74) is 1.61. The molecule has 2 aliphatic rings. The summed E-state index contributed by atoms with van der Waals surface area (Å²) >= 11 is 3.46. The Hall–Kier alpha value is -1.19. The highest BCUT2D eigenvalue weighted by Crippen LogP contribution is 2.38. The molecule has 28 heavy (non-hydrogen) atoms. The number of esters is 1. The van der Waals surface area contributed by atoms with Crippen molar-refractivity contribution < 1.29 is 19.1 Å². The molecular formula is C19H27BrClN3O4. The monoisotopic (exact) mass is 475 g/mol. The fraction of sp³-hybridized carbons (Fsp3) is 0.579. The molecule has 2 aliphatic heterocycles. The largest absolute Gasteiger partial charge is 0.468 e. The van der Waals surface area contributed by atoms with Crippen LogP contribution in [0.3, 0.4) is 0 Å². The van der Waals surface area contributed by atoms with Crippen molar-refractivity contribution in [2.75, 3.05) is 51.9 Å². The van der Waals surface area contributed by atoms with Crippen LogP contribution >= 0.6 is 28.3 Å². The minimum Gasteiger partial charge on any atom is -0.468 e. The van der Waals surface area contributed by atoms with Crippen LogP contribution in [-0.2, 0) is 19.1 Å². The molecule has 1 aromatic carbocycles. The van der Waals surface area contributed by atoms with Crippen molar-refractivity contribution in [3.63, 3.8) is 0 Å². The normalized spacial score (nSPS) is 24.4. The lowest BCUT2D eigenvalue weighted by Crippen LogP contribution is -2.59. The molecule has 7 nitrogen and oxygen atoms in total. The van der Waals surface area contributed by atoms with Gasteiger partial charge in [-0.05, 0) is 24.6 Å². The van der Waals surface area contributed by atoms with Crippen LogP contribution in [-0.4, -0.2) is 75.9 Å². The Morgan fingerprint density at radius 1 is 1.29 bits per heavy atom. The molecule has 0 bridgehead atoms. The molecule has 0 aliphatic carbocycles. The molecular weight excluding hydrogens is 450 g/mol. The zero-order valence-corrected chi connectivity index (χ0v) is 18.7. The number of anilines is 1. The smallest absolute Gasteiger partial charge is 0.315 e. The summed E-state index contributed by atoms with van der Waals surface area (Å²) in [6.07, 6.45) is 0. The van der Waals surface area contributed by atoms with E-state index in [0.717, 1.165) is 28.8 Å². The molecule has 156 valence electrons. The molecule has 1 fully saturated rings. The number of hydrogen-bond acceptors (Lipinski definition) is 6. The van der Waals surface area contributed by atoms with Gasteiger partial charge in [0.1, 0.15) is 5.92 Å². The van der Waals surface area contributed by atoms with Crippen molar-refractivity contribution in [3.8, 4) is 0 Å². The number of carbonyl (C=O) groups excluding carboxylic acids is 2. The topological polar surface area (TPSA) is 71.1 Å². The Balaban J connectivity index is 0.00000280. The zero-order chi connectivity index (χ0) is 19.6. The fourth-order valence-electron chi connectivity index (χ4n) is 3.85. The van der Waals surface area contributed by atoms with E-state index in [1.165, 1.54) is 7.11 Å². The molecule has 1 unspecified atom stereocenters. The maximum atomic E-state index is 13.2. The van der Waals surface area contributed by atoms with E-state index in [-0.39, 0.29) is 30.3 Å². The van der Waals surface area contributed by atoms with Crippen LogP contribution in [0.25, 0.3) is 0 Å². The number of nitrogens with zero attached hydrogens (tertiary/aromatic N) is 2. The van der Waals surface area contributed by atoms with Gasteiger partial charge in [0.05, 0.1) is 20.3 Å². The van der Waals surface area contributed by atoms with Crippen LogP contribution in [0.2, 0.25) is 0 Å². The molecule has 9 heteroatoms. The van der Waals surface area contributed by atoms with Crippen molar-refractivity contribution >= 4 is 45.9 Å². The predicted octanol–water partition coefficient (Wildman–Crippen LogP) is 1.78. The molecule has 0 spiro atoms. The second-order valence-electron chi connectivity index (χ2n) is 7.13. The Morgan fingerprint density at radius 2 is 2.04 bits per heavy atom. The first-order chi connectivity index (χ1) is 12.9. The van der Waals surface area contributed by atoms with E-state index in [9.17, 15) is 9.59 Å². The Morgan fingerprint density at radius 3 is 2.71 bits per heavy atom. The summed E-state index contributed by atoms with van der Waals surface area (Å²) < 4.78 is 11.1. The van der Waals surface area contributed by atoms with Crippen molar-refractivity contribution in [2.45, 2.75) is 24.9 Å². The number of nitrogens with one attached hydrogen (secondary N) is 1. The average molecular weight is 477 g/mol. The summed E-state index contributed by atoms with van der Waals surface area (Å²) in [6, 6.07) is 6.12. The Kier molecular flexibility index (Phi) is 8.27. The van der Waals surface area contributed by atoms with Gasteiger partial charge in [-0.15, -0.1) is 12.4 Å². The first-order valence-electron chi connectivity index (χ1n) is 9.08. The van der Waals surface area contributed by atoms with Crippen LogP contribution in [0.1, 0.15) is 18.4 Å². The van der Waals surface area contributed by atoms with E-state index in [4.69, 9.17) is 9.47 Å². The number of rotatable bonds is 5. The number of halogens is 2. The highest BCUT2D eigenvalue weighted by atomic mass is 79.9. The lowest BCUT2D eigenvalue weighted by molar-refractivity contribution is -0.142. The summed E-state index contributed by atoms with van der Waals surface area (Å²) in [5, 5.41) is 3.43. The van der Waals surface area contributed by atoms with Gasteiger partial charge >= 0.3 is 5.97 Å². The number of benzene rings is 1. The van der Waals surface area contributed by atoms with Crippen molar-refractivity contribution in [3.05, 3.63) is 28.2 Å². The third-order valence-electron chi connectivity index (χ3n) is 5.23. The summed E-state index contributed by atoms with van der Waals surface area (Å²) in [4.78, 5) is 29.2. The lowest BCUT2D eigenvalue weighted by Gasteiger charge is -2.39. The summed E-state index contributed by atoms with van der Waals surface area (Å²) in [7, 11) is 3.05. The Labute approximate surface area is 180 Å². The number of ether oxygens (including phenoxy) is 2. The van der Waals surface area contributed by atoms with Crippen molar-refractivity contribution in [2.24, 2.45) is 0 Å². The maximum Gasteiger partial charge on any atom is 0.315 e. The van der Waals surface area contributed by atoms with Crippen LogP contribution in [0.4, 0.5) is 5.69 Å². The molecule has 3 atom stereocenters. The number of amides is 1. The minimum absolute atomic E-state index is 0. The van der Waals surface area contributed by atoms with Gasteiger partial charge in [-0.3, -0.25) is 14.5 Å². The van der Waals surface area contributed by atoms with Gasteiger partial charge in [0.15, 0.2) is 0 Å². The van der Waals surface area contributed by atoms with E-state index in [1.807, 2.05) is 18.2 Å². The van der Waals surface area contributed by atoms with Crippen LogP contribution in [0.5, 0.6) is 0 Å². The quantitative estimate of drug-likeness (QED) is 0.653. The van der Waals surface area contributed by atoms with Crippen molar-refractivity contribution in [1.82, 2.24) is 10.2 Å². The van der Waals surface area contributed by atoms with E-state index in [0.29, 0.717) is 25.7 Å². The number of hydrogen-bond donors (Lipinski definition) is 1. The second-order valence-corrected chi connectivity index (χ2v) is 8.05. The molecule has 1 saturated heterocycles. The maximum absolute atomic E-state index is 13.2. The van der Waals surface area contributed by atoms with Gasteiger partial charge in [-0.25, -0.2) is 0 Å². The number of piperazine rings is 1. The predicted molar refractivity (Wildman–Crippen MR) is 113 cm³/mol. The number of carbonyl (C=O) groups is 2. The molecule has 0 aromatic heterocycles. The number of methoxy groups -OCH3 is 2. The number of fused-ring (bicyclic) bond motifs is 1. The van der Waals surface area contributed by atoms with E-state index >= 15 is 0 Å². The third-order valence-corrected chi connectivity index (χ3v) is 5.73. The first kappa shape index (κ1) is 23.1. The van der Waals surface area contributed by atoms with Gasteiger partial charge in [0.2, 0.25) is 5.91 Å². The highest BCUT2D eigenvalue weighted by Gasteiger charge is 2.38. The van der Waals surface area contributed by atoms with Gasteiger partial charge in [0.25, 0.3) is 0 Å². The first-order valence-corrected chi connectivity index (χ1v) is 9.88. The van der Waals surface area contributed by atoms with Crippen LogP contribution in [0.15, 0.2) is 22.7 Å². The molecule has 0 saturated carbocycles. The molecule has 1 N–H and O–H groups in total. The van der Waals surface area contributed by atoms with Gasteiger partial charge in [-0.1, -0.05) is 22.0 Å². The zero-order valence-electron chi connectivity index (χ0n) is 16.3. The average Bonchev–Trinajstić information content (AvgIpc) is 3.02. The van der Waals surface area contributed by atoms with Crippen molar-refractivity contribution in [1.29, 1.82) is 0 Å². The molecule has 1 aromatic rings. The lowest BCUT2D eigenvalue weighted by atomic mass is 10.0. The molecule has 3 rings (SSSR count). The van der Waals surface area contributed by atoms with E-state index in [1.54, 1.807) is 12.0 Å². The minimum atomic E-state index is -0.446. The molecule has 1 amide bonds.